The number of hydrogen-bond acceptors (Lipinski definition) is 1. The Balaban J connectivity index is 2.19. The monoisotopic (exact) mass is 225 g/mol. The average molecular weight is 225 g/mol. The molecule has 1 saturated heterocycles. The summed E-state index contributed by atoms with van der Waals surface area (Å²) in [6, 6.07) is 1.52. The lowest BCUT2D eigenvalue weighted by molar-refractivity contribution is -0.983. The number of likely N-dealkylation sites (N-methyl/N-ethyl adjacent to an activating group) is 1. The summed E-state index contributed by atoms with van der Waals surface area (Å²) in [6.07, 6.45) is 2.92. The van der Waals surface area contributed by atoms with Gasteiger partial charge < -0.3 is 4.48 Å². The number of piperazine rings is 1. The minimum atomic E-state index is 0.630. The first-order valence-electron chi connectivity index (χ1n) is 7.08. The topological polar surface area (TPSA) is 3.24 Å². The van der Waals surface area contributed by atoms with Crippen molar-refractivity contribution >= 4 is 0 Å². The summed E-state index contributed by atoms with van der Waals surface area (Å²) in [4.78, 5) is 2.70. The van der Waals surface area contributed by atoms with Crippen molar-refractivity contribution in [1.29, 1.82) is 0 Å². The number of hydrogen-bond donors (Lipinski definition) is 0. The molecule has 1 aliphatic heterocycles. The van der Waals surface area contributed by atoms with Crippen molar-refractivity contribution in [3.63, 3.8) is 0 Å². The molecule has 94 valence electrons. The molecule has 2 aliphatic rings. The molecule has 0 aromatic heterocycles. The van der Waals surface area contributed by atoms with Crippen LogP contribution >= 0.6 is 0 Å². The summed E-state index contributed by atoms with van der Waals surface area (Å²) in [7, 11) is 0. The Morgan fingerprint density at radius 3 is 2.19 bits per heavy atom. The standard InChI is InChI=1S/C14H29N2/c1-6-16(13(4)5)10-9-15(12(2)3)11-14(16)7-8-14/h12-13H,6-11H2,1-5H3/q+1. The minimum Gasteiger partial charge on any atom is -0.315 e. The first-order valence-corrected chi connectivity index (χ1v) is 7.08. The van der Waals surface area contributed by atoms with Gasteiger partial charge in [0.2, 0.25) is 0 Å². The molecule has 1 saturated carbocycles. The summed E-state index contributed by atoms with van der Waals surface area (Å²) < 4.78 is 1.39. The highest BCUT2D eigenvalue weighted by Gasteiger charge is 2.63. The Morgan fingerprint density at radius 2 is 1.81 bits per heavy atom. The van der Waals surface area contributed by atoms with Crippen molar-refractivity contribution in [1.82, 2.24) is 4.90 Å². The van der Waals surface area contributed by atoms with Gasteiger partial charge in [0.15, 0.2) is 0 Å². The van der Waals surface area contributed by atoms with Gasteiger partial charge in [-0.3, -0.25) is 4.90 Å². The zero-order valence-electron chi connectivity index (χ0n) is 11.8. The van der Waals surface area contributed by atoms with Crippen LogP contribution in [0.15, 0.2) is 0 Å². The van der Waals surface area contributed by atoms with Gasteiger partial charge in [0, 0.05) is 25.4 Å². The van der Waals surface area contributed by atoms with E-state index in [4.69, 9.17) is 0 Å². The van der Waals surface area contributed by atoms with Crippen LogP contribution in [0.25, 0.3) is 0 Å². The van der Waals surface area contributed by atoms with Gasteiger partial charge in [-0.2, -0.15) is 0 Å². The zero-order chi connectivity index (χ0) is 12.0. The third-order valence-corrected chi connectivity index (χ3v) is 5.34. The Hall–Kier alpha value is -0.0800. The van der Waals surface area contributed by atoms with E-state index in [1.165, 1.54) is 43.5 Å². The predicted octanol–water partition coefficient (Wildman–Crippen LogP) is 2.49. The predicted molar refractivity (Wildman–Crippen MR) is 69.5 cm³/mol. The second-order valence-electron chi connectivity index (χ2n) is 6.46. The maximum absolute atomic E-state index is 2.70. The summed E-state index contributed by atoms with van der Waals surface area (Å²) in [5, 5.41) is 0. The van der Waals surface area contributed by atoms with E-state index in [1.54, 1.807) is 0 Å². The fourth-order valence-electron chi connectivity index (χ4n) is 4.00. The van der Waals surface area contributed by atoms with Crippen LogP contribution in [0.1, 0.15) is 47.5 Å². The van der Waals surface area contributed by atoms with Gasteiger partial charge in [0.1, 0.15) is 5.54 Å². The van der Waals surface area contributed by atoms with E-state index in [0.717, 1.165) is 12.1 Å². The maximum atomic E-state index is 2.70. The van der Waals surface area contributed by atoms with Crippen LogP contribution in [-0.4, -0.2) is 53.2 Å². The van der Waals surface area contributed by atoms with Crippen molar-refractivity contribution in [2.75, 3.05) is 26.2 Å². The lowest BCUT2D eigenvalue weighted by Gasteiger charge is -2.54. The van der Waals surface area contributed by atoms with Crippen molar-refractivity contribution in [3.05, 3.63) is 0 Å². The normalized spacial score (nSPS) is 33.9. The highest BCUT2D eigenvalue weighted by molar-refractivity contribution is 5.02. The summed E-state index contributed by atoms with van der Waals surface area (Å²) in [5.74, 6) is 0. The summed E-state index contributed by atoms with van der Waals surface area (Å²) in [5.41, 5.74) is 0.630. The largest absolute Gasteiger partial charge is 0.315 e. The summed E-state index contributed by atoms with van der Waals surface area (Å²) >= 11 is 0. The van der Waals surface area contributed by atoms with Gasteiger partial charge in [0.05, 0.1) is 25.7 Å². The lowest BCUT2D eigenvalue weighted by atomic mass is 10.0. The second kappa shape index (κ2) is 3.99. The van der Waals surface area contributed by atoms with Crippen LogP contribution in [-0.2, 0) is 0 Å². The van der Waals surface area contributed by atoms with Gasteiger partial charge in [-0.1, -0.05) is 0 Å². The molecular weight excluding hydrogens is 196 g/mol. The van der Waals surface area contributed by atoms with Crippen LogP contribution in [0.4, 0.5) is 0 Å². The van der Waals surface area contributed by atoms with E-state index in [1.807, 2.05) is 0 Å². The van der Waals surface area contributed by atoms with E-state index in [-0.39, 0.29) is 0 Å². The molecule has 0 amide bonds. The maximum Gasteiger partial charge on any atom is 0.113 e. The van der Waals surface area contributed by atoms with E-state index in [0.29, 0.717) is 5.54 Å². The molecule has 1 heterocycles. The molecule has 0 N–H and O–H groups in total. The number of rotatable bonds is 3. The van der Waals surface area contributed by atoms with Crippen LogP contribution in [0.2, 0.25) is 0 Å². The van der Waals surface area contributed by atoms with Gasteiger partial charge in [-0.25, -0.2) is 0 Å². The van der Waals surface area contributed by atoms with E-state index >= 15 is 0 Å². The van der Waals surface area contributed by atoms with Crippen LogP contribution in [0.5, 0.6) is 0 Å². The van der Waals surface area contributed by atoms with Crippen molar-refractivity contribution in [3.8, 4) is 0 Å². The zero-order valence-corrected chi connectivity index (χ0v) is 11.8. The molecule has 2 fully saturated rings. The van der Waals surface area contributed by atoms with Gasteiger partial charge in [0.25, 0.3) is 0 Å². The Labute approximate surface area is 101 Å². The molecule has 2 nitrogen and oxygen atoms in total. The molecule has 16 heavy (non-hydrogen) atoms. The molecule has 0 aromatic carbocycles. The van der Waals surface area contributed by atoms with Crippen molar-refractivity contribution in [2.45, 2.75) is 65.1 Å². The second-order valence-corrected chi connectivity index (χ2v) is 6.46. The first-order chi connectivity index (χ1) is 7.47. The molecule has 1 aliphatic carbocycles. The Bertz CT molecular complexity index is 255. The van der Waals surface area contributed by atoms with Gasteiger partial charge in [-0.05, 0) is 34.6 Å². The fourth-order valence-corrected chi connectivity index (χ4v) is 4.00. The molecule has 1 unspecified atom stereocenters. The molecule has 0 radical (unpaired) electrons. The first kappa shape index (κ1) is 12.4. The Morgan fingerprint density at radius 1 is 1.19 bits per heavy atom. The van der Waals surface area contributed by atoms with Crippen molar-refractivity contribution in [2.24, 2.45) is 0 Å². The number of nitrogens with zero attached hydrogens (tertiary/aromatic N) is 2. The highest BCUT2D eigenvalue weighted by atomic mass is 15.5. The third kappa shape index (κ3) is 1.62. The molecule has 0 bridgehead atoms. The van der Waals surface area contributed by atoms with E-state index in [9.17, 15) is 0 Å². The molecule has 2 heteroatoms. The van der Waals surface area contributed by atoms with Crippen molar-refractivity contribution < 1.29 is 4.48 Å². The van der Waals surface area contributed by atoms with Crippen LogP contribution in [0, 0.1) is 0 Å². The minimum absolute atomic E-state index is 0.630. The lowest BCUT2D eigenvalue weighted by Crippen LogP contribution is -2.70. The van der Waals surface area contributed by atoms with E-state index in [2.05, 4.69) is 39.5 Å². The highest BCUT2D eigenvalue weighted by Crippen LogP contribution is 2.51. The molecule has 1 atom stereocenters. The fraction of sp³-hybridized carbons (Fsp3) is 1.00. The molecule has 1 spiro atoms. The molecular formula is C14H29N2+. The van der Waals surface area contributed by atoms with Crippen LogP contribution < -0.4 is 0 Å². The smallest absolute Gasteiger partial charge is 0.113 e. The Kier molecular flexibility index (Phi) is 3.09. The third-order valence-electron chi connectivity index (χ3n) is 5.34. The molecule has 0 aromatic rings. The SMILES string of the molecule is CC[N+]1(C(C)C)CCN(C(C)C)CC12CC2. The quantitative estimate of drug-likeness (QED) is 0.667. The average Bonchev–Trinajstić information content (AvgIpc) is 2.98. The van der Waals surface area contributed by atoms with E-state index < -0.39 is 0 Å². The van der Waals surface area contributed by atoms with Gasteiger partial charge in [-0.15, -0.1) is 0 Å². The number of quaternary nitrogens is 1. The summed E-state index contributed by atoms with van der Waals surface area (Å²) in [6.45, 7) is 17.3. The van der Waals surface area contributed by atoms with Crippen LogP contribution in [0.3, 0.4) is 0 Å². The van der Waals surface area contributed by atoms with Gasteiger partial charge >= 0.3 is 0 Å². The molecule has 2 rings (SSSR count).